The van der Waals surface area contributed by atoms with Crippen LogP contribution in [-0.4, -0.2) is 14.9 Å². The Morgan fingerprint density at radius 3 is 1.31 bits per heavy atom. The van der Waals surface area contributed by atoms with E-state index in [9.17, 15) is 5.26 Å². The van der Waals surface area contributed by atoms with Crippen LogP contribution < -0.4 is 9.47 Å². The van der Waals surface area contributed by atoms with Crippen LogP contribution in [0.1, 0.15) is 19.4 Å². The summed E-state index contributed by atoms with van der Waals surface area (Å²) in [5, 5.41) is 13.3. The molecular formula is C43H24N6O2. The molecule has 0 spiro atoms. The van der Waals surface area contributed by atoms with E-state index in [-0.39, 0.29) is 0 Å². The lowest BCUT2D eigenvalue weighted by molar-refractivity contribution is -0.0778. The van der Waals surface area contributed by atoms with Crippen LogP contribution in [0, 0.1) is 31.0 Å². The lowest BCUT2D eigenvalue weighted by atomic mass is 10.0. The van der Waals surface area contributed by atoms with Crippen molar-refractivity contribution in [2.24, 2.45) is 0 Å². The Balaban J connectivity index is 1.31. The molecule has 0 bridgehead atoms. The first-order chi connectivity index (χ1) is 24.8. The van der Waals surface area contributed by atoms with Crippen LogP contribution in [0.15, 0.2) is 109 Å². The molecule has 3 heterocycles. The maximum atomic E-state index is 9.69. The summed E-state index contributed by atoms with van der Waals surface area (Å²) in [4.78, 5) is 11.0. The molecule has 2 aromatic heterocycles. The van der Waals surface area contributed by atoms with Gasteiger partial charge in [-0.15, -0.1) is 0 Å². The second kappa shape index (κ2) is 10.7. The third-order valence-electron chi connectivity index (χ3n) is 9.44. The van der Waals surface area contributed by atoms with E-state index >= 15 is 0 Å². The zero-order valence-corrected chi connectivity index (χ0v) is 27.4. The van der Waals surface area contributed by atoms with E-state index in [4.69, 9.17) is 29.2 Å². The van der Waals surface area contributed by atoms with E-state index < -0.39 is 5.79 Å². The fourth-order valence-electron chi connectivity index (χ4n) is 7.31. The molecule has 8 aromatic rings. The van der Waals surface area contributed by atoms with Crippen LogP contribution in [0.25, 0.3) is 80.6 Å². The monoisotopic (exact) mass is 656 g/mol. The highest BCUT2D eigenvalue weighted by Gasteiger charge is 2.30. The van der Waals surface area contributed by atoms with Crippen molar-refractivity contribution in [3.05, 3.63) is 149 Å². The van der Waals surface area contributed by atoms with Crippen molar-refractivity contribution in [2.75, 3.05) is 0 Å². The van der Waals surface area contributed by atoms with Crippen molar-refractivity contribution in [3.63, 3.8) is 0 Å². The predicted octanol–water partition coefficient (Wildman–Crippen LogP) is 11.6. The number of hydrogen-bond acceptors (Lipinski definition) is 3. The lowest BCUT2D eigenvalue weighted by Crippen LogP contribution is -2.34. The summed E-state index contributed by atoms with van der Waals surface area (Å²) in [6.45, 7) is 26.6. The van der Waals surface area contributed by atoms with Crippen LogP contribution >= 0.6 is 0 Å². The summed E-state index contributed by atoms with van der Waals surface area (Å²) in [6, 6.07) is 37.0. The van der Waals surface area contributed by atoms with Gasteiger partial charge in [-0.25, -0.2) is 14.5 Å². The second-order valence-electron chi connectivity index (χ2n) is 12.9. The number of rotatable bonds is 2. The van der Waals surface area contributed by atoms with Gasteiger partial charge >= 0.3 is 0 Å². The van der Waals surface area contributed by atoms with Crippen molar-refractivity contribution >= 4 is 60.7 Å². The van der Waals surface area contributed by atoms with Gasteiger partial charge in [-0.2, -0.15) is 5.26 Å². The smallest absolute Gasteiger partial charge is 0.245 e. The van der Waals surface area contributed by atoms with Crippen LogP contribution in [0.2, 0.25) is 0 Å². The van der Waals surface area contributed by atoms with Gasteiger partial charge in [0.15, 0.2) is 17.1 Å². The first kappa shape index (κ1) is 29.6. The number of nitriles is 1. The van der Waals surface area contributed by atoms with E-state index in [0.29, 0.717) is 34.1 Å². The summed E-state index contributed by atoms with van der Waals surface area (Å²) in [5.74, 6) is 0.362. The molecule has 238 valence electrons. The lowest BCUT2D eigenvalue weighted by Gasteiger charge is -2.25. The molecule has 8 heteroatoms. The van der Waals surface area contributed by atoms with Gasteiger partial charge in [0, 0.05) is 41.7 Å². The SMILES string of the molecule is [C-]#[N+]c1ccc2c(c1)c1cc(C#N)ccc1n2-c1ccc2c(c1)-c1cc(-n3c4ccc([N+]#[C-])cc4c4cc([N+]#[C-])ccc43)ccc1OC(C)(C)O2. The fraction of sp³-hybridized carbons (Fsp3) is 0.0698. The average molecular weight is 657 g/mol. The molecular weight excluding hydrogens is 633 g/mol. The van der Waals surface area contributed by atoms with Gasteiger partial charge < -0.3 is 18.6 Å². The Morgan fingerprint density at radius 1 is 0.529 bits per heavy atom. The second-order valence-corrected chi connectivity index (χ2v) is 12.9. The van der Waals surface area contributed by atoms with Crippen molar-refractivity contribution in [2.45, 2.75) is 19.6 Å². The third-order valence-corrected chi connectivity index (χ3v) is 9.44. The number of hydrogen-bond donors (Lipinski definition) is 0. The molecule has 0 fully saturated rings. The van der Waals surface area contributed by atoms with Crippen LogP contribution in [0.4, 0.5) is 17.1 Å². The maximum absolute atomic E-state index is 9.69. The molecule has 0 saturated carbocycles. The summed E-state index contributed by atoms with van der Waals surface area (Å²) >= 11 is 0. The minimum Gasteiger partial charge on any atom is -0.452 e. The summed E-state index contributed by atoms with van der Waals surface area (Å²) in [5.41, 5.74) is 9.23. The highest BCUT2D eigenvalue weighted by atomic mass is 16.7. The maximum Gasteiger partial charge on any atom is 0.245 e. The molecule has 9 rings (SSSR count). The number of nitrogens with zero attached hydrogens (tertiary/aromatic N) is 6. The van der Waals surface area contributed by atoms with Crippen molar-refractivity contribution in [3.8, 4) is 40.1 Å². The quantitative estimate of drug-likeness (QED) is 0.174. The Hall–Kier alpha value is -7.52. The van der Waals surface area contributed by atoms with E-state index in [2.05, 4.69) is 41.9 Å². The van der Waals surface area contributed by atoms with Crippen molar-refractivity contribution in [1.29, 1.82) is 5.26 Å². The van der Waals surface area contributed by atoms with Gasteiger partial charge in [0.05, 0.1) is 53.4 Å². The summed E-state index contributed by atoms with van der Waals surface area (Å²) in [7, 11) is 0. The highest BCUT2D eigenvalue weighted by molar-refractivity contribution is 6.12. The molecule has 1 aliphatic rings. The van der Waals surface area contributed by atoms with E-state index in [0.717, 1.165) is 66.1 Å². The Morgan fingerprint density at radius 2 is 0.922 bits per heavy atom. The van der Waals surface area contributed by atoms with Crippen molar-refractivity contribution < 1.29 is 9.47 Å². The van der Waals surface area contributed by atoms with Gasteiger partial charge in [0.1, 0.15) is 11.5 Å². The van der Waals surface area contributed by atoms with Gasteiger partial charge in [0.25, 0.3) is 0 Å². The molecule has 0 N–H and O–H groups in total. The fourth-order valence-corrected chi connectivity index (χ4v) is 7.31. The molecule has 0 atom stereocenters. The van der Waals surface area contributed by atoms with E-state index in [1.807, 2.05) is 111 Å². The Bertz CT molecular complexity index is 2660. The zero-order chi connectivity index (χ0) is 35.0. The molecule has 0 unspecified atom stereocenters. The molecule has 51 heavy (non-hydrogen) atoms. The first-order valence-electron chi connectivity index (χ1n) is 16.2. The number of fused-ring (bicyclic) bond motifs is 9. The molecule has 0 radical (unpaired) electrons. The topological polar surface area (TPSA) is 65.2 Å². The van der Waals surface area contributed by atoms with E-state index in [1.54, 1.807) is 0 Å². The standard InChI is InChI=1S/C43H24N6O2/c1-43(2)50-41-16-10-29(48-37-12-6-25(24-44)18-31(37)32-19-26(45-3)7-13-38(32)48)22-35(41)36-23-30(11-17-42(36)51-43)49-39-14-8-27(46-4)20-33(39)34-21-28(47-5)9-15-40(34)49/h6-23H,1-2H3. The molecule has 0 aliphatic carbocycles. The molecule has 0 saturated heterocycles. The average Bonchev–Trinajstić information content (AvgIpc) is 3.61. The van der Waals surface area contributed by atoms with Gasteiger partial charge in [-0.1, -0.05) is 18.2 Å². The zero-order valence-electron chi connectivity index (χ0n) is 27.4. The minimum atomic E-state index is -0.959. The third kappa shape index (κ3) is 4.49. The number of aromatic nitrogens is 2. The Kier molecular flexibility index (Phi) is 6.24. The molecule has 1 aliphatic heterocycles. The van der Waals surface area contributed by atoms with Crippen LogP contribution in [0.3, 0.4) is 0 Å². The normalized spacial score (nSPS) is 12.9. The summed E-state index contributed by atoms with van der Waals surface area (Å²) < 4.78 is 17.3. The number of benzene rings is 6. The minimum absolute atomic E-state index is 0.528. The molecule has 0 amide bonds. The highest BCUT2D eigenvalue weighted by Crippen LogP contribution is 2.46. The predicted molar refractivity (Wildman–Crippen MR) is 199 cm³/mol. The van der Waals surface area contributed by atoms with Gasteiger partial charge in [-0.05, 0) is 107 Å². The number of ether oxygens (including phenoxy) is 2. The Labute approximate surface area is 292 Å². The van der Waals surface area contributed by atoms with Gasteiger partial charge in [-0.3, -0.25) is 0 Å². The summed E-state index contributed by atoms with van der Waals surface area (Å²) in [6.07, 6.45) is 0. The van der Waals surface area contributed by atoms with Crippen molar-refractivity contribution in [1.82, 2.24) is 9.13 Å². The van der Waals surface area contributed by atoms with Crippen LogP contribution in [-0.2, 0) is 0 Å². The van der Waals surface area contributed by atoms with Crippen LogP contribution in [0.5, 0.6) is 11.5 Å². The van der Waals surface area contributed by atoms with E-state index in [1.165, 1.54) is 0 Å². The van der Waals surface area contributed by atoms with Gasteiger partial charge in [0.2, 0.25) is 5.79 Å². The molecule has 6 aromatic carbocycles. The first-order valence-corrected chi connectivity index (χ1v) is 16.2. The molecule has 8 nitrogen and oxygen atoms in total. The largest absolute Gasteiger partial charge is 0.452 e.